The van der Waals surface area contributed by atoms with Crippen LogP contribution in [-0.2, 0) is 16.0 Å². The van der Waals surface area contributed by atoms with Gasteiger partial charge in [-0.05, 0) is 47.8 Å². The molecule has 0 aliphatic rings. The second kappa shape index (κ2) is 8.42. The Balaban J connectivity index is 2.37. The molecule has 112 valence electrons. The number of aliphatic carboxylic acids is 1. The standard InChI is InChI=1S/C14H20BrNO3S/c1-3-16(9-10(2)14(18)19)13(17)6-4-5-11-7-8-12(15)20-11/h7-8,10H,3-6,9H2,1-2H3,(H,18,19). The van der Waals surface area contributed by atoms with E-state index in [0.29, 0.717) is 13.0 Å². The fourth-order valence-electron chi connectivity index (χ4n) is 1.87. The summed E-state index contributed by atoms with van der Waals surface area (Å²) in [5, 5.41) is 8.89. The van der Waals surface area contributed by atoms with E-state index in [4.69, 9.17) is 5.11 Å². The highest BCUT2D eigenvalue weighted by atomic mass is 79.9. The zero-order chi connectivity index (χ0) is 15.1. The molecule has 1 atom stereocenters. The fraction of sp³-hybridized carbons (Fsp3) is 0.571. The second-order valence-electron chi connectivity index (χ2n) is 4.73. The van der Waals surface area contributed by atoms with Crippen LogP contribution >= 0.6 is 27.3 Å². The zero-order valence-corrected chi connectivity index (χ0v) is 14.2. The number of hydrogen-bond acceptors (Lipinski definition) is 3. The molecule has 0 radical (unpaired) electrons. The van der Waals surface area contributed by atoms with Crippen molar-refractivity contribution in [3.63, 3.8) is 0 Å². The van der Waals surface area contributed by atoms with E-state index in [1.54, 1.807) is 23.2 Å². The molecule has 20 heavy (non-hydrogen) atoms. The molecule has 6 heteroatoms. The molecule has 1 aromatic heterocycles. The van der Waals surface area contributed by atoms with Crippen molar-refractivity contribution in [2.45, 2.75) is 33.1 Å². The molecular weight excluding hydrogens is 342 g/mol. The van der Waals surface area contributed by atoms with Gasteiger partial charge in [0.1, 0.15) is 0 Å². The average molecular weight is 362 g/mol. The van der Waals surface area contributed by atoms with Crippen LogP contribution in [0.4, 0.5) is 0 Å². The molecular formula is C14H20BrNO3S. The van der Waals surface area contributed by atoms with Gasteiger partial charge in [0.05, 0.1) is 9.70 Å². The Bertz CT molecular complexity index is 461. The molecule has 0 fully saturated rings. The van der Waals surface area contributed by atoms with Crippen molar-refractivity contribution in [3.8, 4) is 0 Å². The molecule has 1 N–H and O–H groups in total. The number of aryl methyl sites for hydroxylation is 1. The lowest BCUT2D eigenvalue weighted by molar-refractivity contribution is -0.143. The van der Waals surface area contributed by atoms with Gasteiger partial charge >= 0.3 is 5.97 Å². The first-order chi connectivity index (χ1) is 9.43. The largest absolute Gasteiger partial charge is 0.481 e. The van der Waals surface area contributed by atoms with Gasteiger partial charge < -0.3 is 10.0 Å². The molecule has 1 heterocycles. The Labute approximate surface area is 131 Å². The van der Waals surface area contributed by atoms with E-state index < -0.39 is 11.9 Å². The topological polar surface area (TPSA) is 57.6 Å². The summed E-state index contributed by atoms with van der Waals surface area (Å²) >= 11 is 5.10. The molecule has 0 bridgehead atoms. The van der Waals surface area contributed by atoms with Gasteiger partial charge in [-0.1, -0.05) is 6.92 Å². The summed E-state index contributed by atoms with van der Waals surface area (Å²) in [7, 11) is 0. The first-order valence-corrected chi connectivity index (χ1v) is 8.29. The van der Waals surface area contributed by atoms with E-state index in [1.807, 2.05) is 13.0 Å². The number of hydrogen-bond donors (Lipinski definition) is 1. The molecule has 0 aliphatic carbocycles. The maximum Gasteiger partial charge on any atom is 0.308 e. The third-order valence-corrected chi connectivity index (χ3v) is 4.78. The summed E-state index contributed by atoms with van der Waals surface area (Å²) in [4.78, 5) is 25.8. The highest BCUT2D eigenvalue weighted by Gasteiger charge is 2.18. The van der Waals surface area contributed by atoms with Crippen molar-refractivity contribution in [1.29, 1.82) is 0 Å². The van der Waals surface area contributed by atoms with E-state index >= 15 is 0 Å². The molecule has 0 aliphatic heterocycles. The van der Waals surface area contributed by atoms with Gasteiger partial charge in [-0.25, -0.2) is 0 Å². The lowest BCUT2D eigenvalue weighted by Gasteiger charge is -2.22. The fourth-order valence-corrected chi connectivity index (χ4v) is 3.40. The van der Waals surface area contributed by atoms with Crippen LogP contribution in [0.5, 0.6) is 0 Å². The number of carboxylic acids is 1. The lowest BCUT2D eigenvalue weighted by Crippen LogP contribution is -2.36. The molecule has 0 saturated heterocycles. The normalized spacial score (nSPS) is 12.2. The monoisotopic (exact) mass is 361 g/mol. The third kappa shape index (κ3) is 5.63. The Kier molecular flexibility index (Phi) is 7.23. The van der Waals surface area contributed by atoms with Gasteiger partial charge in [0.25, 0.3) is 0 Å². The maximum absolute atomic E-state index is 12.1. The van der Waals surface area contributed by atoms with Gasteiger partial charge in [0.15, 0.2) is 0 Å². The van der Waals surface area contributed by atoms with Crippen LogP contribution in [0.25, 0.3) is 0 Å². The number of nitrogens with zero attached hydrogens (tertiary/aromatic N) is 1. The maximum atomic E-state index is 12.1. The minimum absolute atomic E-state index is 0.0382. The smallest absolute Gasteiger partial charge is 0.308 e. The van der Waals surface area contributed by atoms with Crippen molar-refractivity contribution in [1.82, 2.24) is 4.90 Å². The van der Waals surface area contributed by atoms with Crippen LogP contribution in [0.1, 0.15) is 31.6 Å². The second-order valence-corrected chi connectivity index (χ2v) is 7.28. The van der Waals surface area contributed by atoms with Crippen molar-refractivity contribution in [2.24, 2.45) is 5.92 Å². The minimum atomic E-state index is -0.861. The summed E-state index contributed by atoms with van der Waals surface area (Å²) < 4.78 is 1.10. The SMILES string of the molecule is CCN(CC(C)C(=O)O)C(=O)CCCc1ccc(Br)s1. The van der Waals surface area contributed by atoms with E-state index in [9.17, 15) is 9.59 Å². The third-order valence-electron chi connectivity index (χ3n) is 3.09. The van der Waals surface area contributed by atoms with Gasteiger partial charge in [-0.2, -0.15) is 0 Å². The van der Waals surface area contributed by atoms with Gasteiger partial charge in [-0.15, -0.1) is 11.3 Å². The predicted octanol–water partition coefficient (Wildman–Crippen LogP) is 3.40. The van der Waals surface area contributed by atoms with Crippen LogP contribution in [0.15, 0.2) is 15.9 Å². The Morgan fingerprint density at radius 1 is 1.45 bits per heavy atom. The summed E-state index contributed by atoms with van der Waals surface area (Å²) in [6.07, 6.45) is 2.15. The molecule has 1 unspecified atom stereocenters. The Morgan fingerprint density at radius 3 is 2.65 bits per heavy atom. The summed E-state index contributed by atoms with van der Waals surface area (Å²) in [6.45, 7) is 4.35. The number of halogens is 1. The van der Waals surface area contributed by atoms with Gasteiger partial charge in [0.2, 0.25) is 5.91 Å². The van der Waals surface area contributed by atoms with Crippen LogP contribution in [0.2, 0.25) is 0 Å². The average Bonchev–Trinajstić information content (AvgIpc) is 2.81. The molecule has 1 rings (SSSR count). The molecule has 0 aromatic carbocycles. The van der Waals surface area contributed by atoms with Crippen LogP contribution in [0, 0.1) is 5.92 Å². The number of carboxylic acid groups (broad SMARTS) is 1. The van der Waals surface area contributed by atoms with E-state index in [1.165, 1.54) is 4.88 Å². The highest BCUT2D eigenvalue weighted by molar-refractivity contribution is 9.11. The molecule has 0 saturated carbocycles. The van der Waals surface area contributed by atoms with E-state index in [-0.39, 0.29) is 12.5 Å². The number of amides is 1. The number of rotatable bonds is 8. The van der Waals surface area contributed by atoms with Crippen molar-refractivity contribution in [3.05, 3.63) is 20.8 Å². The van der Waals surface area contributed by atoms with E-state index in [0.717, 1.165) is 16.6 Å². The Morgan fingerprint density at radius 2 is 2.15 bits per heavy atom. The zero-order valence-electron chi connectivity index (χ0n) is 11.8. The highest BCUT2D eigenvalue weighted by Crippen LogP contribution is 2.23. The first kappa shape index (κ1) is 17.2. The molecule has 1 aromatic rings. The van der Waals surface area contributed by atoms with Gasteiger partial charge in [0, 0.05) is 24.4 Å². The summed E-state index contributed by atoms with van der Waals surface area (Å²) in [5.74, 6) is -1.34. The number of carbonyl (C=O) groups is 2. The van der Waals surface area contributed by atoms with Gasteiger partial charge in [-0.3, -0.25) is 9.59 Å². The van der Waals surface area contributed by atoms with Crippen LogP contribution < -0.4 is 0 Å². The van der Waals surface area contributed by atoms with Crippen molar-refractivity contribution < 1.29 is 14.7 Å². The van der Waals surface area contributed by atoms with Crippen molar-refractivity contribution >= 4 is 39.1 Å². The number of carbonyl (C=O) groups excluding carboxylic acids is 1. The quantitative estimate of drug-likeness (QED) is 0.771. The number of thiophene rings is 1. The van der Waals surface area contributed by atoms with Crippen LogP contribution in [0.3, 0.4) is 0 Å². The Hall–Kier alpha value is -0.880. The van der Waals surface area contributed by atoms with E-state index in [2.05, 4.69) is 22.0 Å². The summed E-state index contributed by atoms with van der Waals surface area (Å²) in [5.41, 5.74) is 0. The molecule has 1 amide bonds. The van der Waals surface area contributed by atoms with Crippen molar-refractivity contribution in [2.75, 3.05) is 13.1 Å². The summed E-state index contributed by atoms with van der Waals surface area (Å²) in [6, 6.07) is 4.07. The predicted molar refractivity (Wildman–Crippen MR) is 84.0 cm³/mol. The lowest BCUT2D eigenvalue weighted by atomic mass is 10.1. The van der Waals surface area contributed by atoms with Crippen LogP contribution in [-0.4, -0.2) is 35.0 Å². The first-order valence-electron chi connectivity index (χ1n) is 6.68. The molecule has 4 nitrogen and oxygen atoms in total. The minimum Gasteiger partial charge on any atom is -0.481 e. The molecule has 0 spiro atoms.